The second-order valence-electron chi connectivity index (χ2n) is 5.02. The third-order valence-electron chi connectivity index (χ3n) is 3.33. The molecular weight excluding hydrogens is 260 g/mol. The van der Waals surface area contributed by atoms with Gasteiger partial charge in [0.15, 0.2) is 23.9 Å². The first kappa shape index (κ1) is 13.0. The normalized spacial score (nSPS) is 17.2. The Labute approximate surface area is 116 Å². The van der Waals surface area contributed by atoms with Gasteiger partial charge in [-0.2, -0.15) is 0 Å². The Balaban J connectivity index is 1.65. The summed E-state index contributed by atoms with van der Waals surface area (Å²) in [6.45, 7) is 0.968. The van der Waals surface area contributed by atoms with E-state index in [1.807, 2.05) is 0 Å². The van der Waals surface area contributed by atoms with Gasteiger partial charge in [-0.15, -0.1) is 0 Å². The van der Waals surface area contributed by atoms with Crippen molar-refractivity contribution in [3.63, 3.8) is 0 Å². The van der Waals surface area contributed by atoms with Gasteiger partial charge in [0.25, 0.3) is 0 Å². The number of esters is 1. The topological polar surface area (TPSA) is 61.8 Å². The van der Waals surface area contributed by atoms with Crippen molar-refractivity contribution in [3.05, 3.63) is 23.8 Å². The van der Waals surface area contributed by atoms with Crippen LogP contribution in [-0.2, 0) is 9.53 Å². The molecule has 0 saturated heterocycles. The maximum Gasteiger partial charge on any atom is 0.309 e. The van der Waals surface area contributed by atoms with E-state index in [4.69, 9.17) is 14.2 Å². The SMILES string of the molecule is O=C(COC(=O)C1CC1)c1ccc2c(c1)OCCCO2. The van der Waals surface area contributed by atoms with Gasteiger partial charge in [0.05, 0.1) is 19.1 Å². The fourth-order valence-corrected chi connectivity index (χ4v) is 1.99. The lowest BCUT2D eigenvalue weighted by Crippen LogP contribution is -2.15. The van der Waals surface area contributed by atoms with E-state index in [9.17, 15) is 9.59 Å². The number of ketones is 1. The lowest BCUT2D eigenvalue weighted by atomic mass is 10.1. The average molecular weight is 276 g/mol. The Morgan fingerprint density at radius 2 is 1.90 bits per heavy atom. The molecule has 0 radical (unpaired) electrons. The zero-order valence-electron chi connectivity index (χ0n) is 11.1. The lowest BCUT2D eigenvalue weighted by molar-refractivity contribution is -0.144. The van der Waals surface area contributed by atoms with E-state index in [0.717, 1.165) is 19.3 Å². The summed E-state index contributed by atoms with van der Waals surface area (Å²) in [4.78, 5) is 23.4. The predicted octanol–water partition coefficient (Wildman–Crippen LogP) is 1.98. The van der Waals surface area contributed by atoms with Gasteiger partial charge in [-0.3, -0.25) is 9.59 Å². The van der Waals surface area contributed by atoms with Crippen molar-refractivity contribution in [1.29, 1.82) is 0 Å². The summed E-state index contributed by atoms with van der Waals surface area (Å²) in [5, 5.41) is 0. The summed E-state index contributed by atoms with van der Waals surface area (Å²) < 4.78 is 16.0. The second-order valence-corrected chi connectivity index (χ2v) is 5.02. The van der Waals surface area contributed by atoms with Crippen molar-refractivity contribution in [2.75, 3.05) is 19.8 Å². The summed E-state index contributed by atoms with van der Waals surface area (Å²) in [5.74, 6) is 0.727. The standard InChI is InChI=1S/C15H16O5/c16-12(9-20-15(17)10-2-3-10)11-4-5-13-14(8-11)19-7-1-6-18-13/h4-5,8,10H,1-3,6-7,9H2. The van der Waals surface area contributed by atoms with Crippen LogP contribution in [0.3, 0.4) is 0 Å². The third-order valence-corrected chi connectivity index (χ3v) is 3.33. The molecule has 0 atom stereocenters. The zero-order valence-corrected chi connectivity index (χ0v) is 11.1. The summed E-state index contributed by atoms with van der Waals surface area (Å²) in [6, 6.07) is 5.03. The molecule has 5 nitrogen and oxygen atoms in total. The molecule has 0 bridgehead atoms. The molecule has 1 aromatic carbocycles. The molecule has 1 fully saturated rings. The molecular formula is C15H16O5. The highest BCUT2D eigenvalue weighted by Crippen LogP contribution is 2.31. The van der Waals surface area contributed by atoms with Gasteiger partial charge >= 0.3 is 5.97 Å². The van der Waals surface area contributed by atoms with Crippen molar-refractivity contribution >= 4 is 11.8 Å². The number of Topliss-reactive ketones (excluding diaryl/α,β-unsaturated/α-hetero) is 1. The number of fused-ring (bicyclic) bond motifs is 1. The Morgan fingerprint density at radius 3 is 2.65 bits per heavy atom. The summed E-state index contributed by atoms with van der Waals surface area (Å²) in [6.07, 6.45) is 2.56. The summed E-state index contributed by atoms with van der Waals surface area (Å²) >= 11 is 0. The minimum Gasteiger partial charge on any atom is -0.490 e. The number of ether oxygens (including phenoxy) is 3. The van der Waals surface area contributed by atoms with Crippen LogP contribution < -0.4 is 9.47 Å². The van der Waals surface area contributed by atoms with E-state index in [-0.39, 0.29) is 24.3 Å². The van der Waals surface area contributed by atoms with Gasteiger partial charge in [-0.1, -0.05) is 0 Å². The van der Waals surface area contributed by atoms with Crippen LogP contribution in [0.2, 0.25) is 0 Å². The van der Waals surface area contributed by atoms with Crippen molar-refractivity contribution in [3.8, 4) is 11.5 Å². The van der Waals surface area contributed by atoms with Crippen LogP contribution in [0.5, 0.6) is 11.5 Å². The van der Waals surface area contributed by atoms with E-state index in [0.29, 0.717) is 30.3 Å². The van der Waals surface area contributed by atoms with Crippen LogP contribution in [0.25, 0.3) is 0 Å². The Bertz CT molecular complexity index is 533. The maximum atomic E-state index is 12.0. The molecule has 5 heteroatoms. The van der Waals surface area contributed by atoms with Gasteiger partial charge in [-0.25, -0.2) is 0 Å². The zero-order chi connectivity index (χ0) is 13.9. The van der Waals surface area contributed by atoms with Crippen molar-refractivity contribution < 1.29 is 23.8 Å². The highest BCUT2D eigenvalue weighted by Gasteiger charge is 2.31. The predicted molar refractivity (Wildman–Crippen MR) is 70.1 cm³/mol. The van der Waals surface area contributed by atoms with Crippen LogP contribution in [0.4, 0.5) is 0 Å². The third kappa shape index (κ3) is 2.92. The van der Waals surface area contributed by atoms with Gasteiger partial charge in [0.1, 0.15) is 0 Å². The highest BCUT2D eigenvalue weighted by atomic mass is 16.5. The molecule has 0 spiro atoms. The van der Waals surface area contributed by atoms with Crippen molar-refractivity contribution in [1.82, 2.24) is 0 Å². The number of carbonyl (C=O) groups excluding carboxylic acids is 2. The highest BCUT2D eigenvalue weighted by molar-refractivity contribution is 5.98. The number of hydrogen-bond acceptors (Lipinski definition) is 5. The molecule has 1 aliphatic heterocycles. The number of benzene rings is 1. The maximum absolute atomic E-state index is 12.0. The molecule has 1 saturated carbocycles. The summed E-state index contributed by atoms with van der Waals surface area (Å²) in [7, 11) is 0. The molecule has 0 N–H and O–H groups in total. The first-order valence-electron chi connectivity index (χ1n) is 6.83. The van der Waals surface area contributed by atoms with Crippen LogP contribution in [-0.4, -0.2) is 31.6 Å². The van der Waals surface area contributed by atoms with E-state index in [2.05, 4.69) is 0 Å². The van der Waals surface area contributed by atoms with Gasteiger partial charge in [0.2, 0.25) is 0 Å². The van der Waals surface area contributed by atoms with Gasteiger partial charge in [-0.05, 0) is 31.0 Å². The first-order chi connectivity index (χ1) is 9.74. The largest absolute Gasteiger partial charge is 0.490 e. The van der Waals surface area contributed by atoms with Crippen LogP contribution in [0, 0.1) is 5.92 Å². The van der Waals surface area contributed by atoms with Crippen LogP contribution >= 0.6 is 0 Å². The van der Waals surface area contributed by atoms with E-state index >= 15 is 0 Å². The minimum absolute atomic E-state index is 0.00609. The van der Waals surface area contributed by atoms with Gasteiger partial charge < -0.3 is 14.2 Å². The molecule has 3 rings (SSSR count). The van der Waals surface area contributed by atoms with Crippen LogP contribution in [0.15, 0.2) is 18.2 Å². The van der Waals surface area contributed by atoms with Crippen molar-refractivity contribution in [2.45, 2.75) is 19.3 Å². The van der Waals surface area contributed by atoms with Crippen LogP contribution in [0.1, 0.15) is 29.6 Å². The molecule has 106 valence electrons. The smallest absolute Gasteiger partial charge is 0.309 e. The number of hydrogen-bond donors (Lipinski definition) is 0. The second kappa shape index (κ2) is 5.53. The van der Waals surface area contributed by atoms with E-state index in [1.54, 1.807) is 18.2 Å². The average Bonchev–Trinajstić information content (AvgIpc) is 3.29. The molecule has 0 unspecified atom stereocenters. The molecule has 1 aliphatic carbocycles. The Morgan fingerprint density at radius 1 is 1.15 bits per heavy atom. The minimum atomic E-state index is -0.271. The quantitative estimate of drug-likeness (QED) is 0.621. The molecule has 0 amide bonds. The molecule has 1 aromatic rings. The number of rotatable bonds is 4. The first-order valence-corrected chi connectivity index (χ1v) is 6.83. The molecule has 20 heavy (non-hydrogen) atoms. The fraction of sp³-hybridized carbons (Fsp3) is 0.467. The van der Waals surface area contributed by atoms with E-state index in [1.165, 1.54) is 0 Å². The molecule has 2 aliphatic rings. The van der Waals surface area contributed by atoms with Crippen molar-refractivity contribution in [2.24, 2.45) is 5.92 Å². The Kier molecular flexibility index (Phi) is 3.58. The molecule has 0 aromatic heterocycles. The van der Waals surface area contributed by atoms with E-state index < -0.39 is 0 Å². The number of carbonyl (C=O) groups is 2. The lowest BCUT2D eigenvalue weighted by Gasteiger charge is -2.09. The van der Waals surface area contributed by atoms with Gasteiger partial charge in [0, 0.05) is 12.0 Å². The summed E-state index contributed by atoms with van der Waals surface area (Å²) in [5.41, 5.74) is 0.470. The molecule has 1 heterocycles. The fourth-order valence-electron chi connectivity index (χ4n) is 1.99. The monoisotopic (exact) mass is 276 g/mol. The Hall–Kier alpha value is -2.04.